The molecule has 1 aliphatic heterocycles. The van der Waals surface area contributed by atoms with Crippen LogP contribution in [0.4, 0.5) is 0 Å². The second-order valence-corrected chi connectivity index (χ2v) is 7.43. The molecule has 4 rings (SSSR count). The van der Waals surface area contributed by atoms with E-state index in [2.05, 4.69) is 21.1 Å². The number of nitrogens with zero attached hydrogens (tertiary/aromatic N) is 5. The van der Waals surface area contributed by atoms with E-state index in [1.807, 2.05) is 25.1 Å². The van der Waals surface area contributed by atoms with Crippen LogP contribution in [0.1, 0.15) is 41.8 Å². The summed E-state index contributed by atoms with van der Waals surface area (Å²) >= 11 is 0. The Bertz CT molecular complexity index is 1090. The summed E-state index contributed by atoms with van der Waals surface area (Å²) in [6, 6.07) is 10.7. The Morgan fingerprint density at radius 2 is 1.97 bits per heavy atom. The first-order valence-electron chi connectivity index (χ1n) is 10.1. The van der Waals surface area contributed by atoms with Gasteiger partial charge in [0, 0.05) is 12.2 Å². The maximum atomic E-state index is 13.5. The van der Waals surface area contributed by atoms with Crippen LogP contribution in [0.3, 0.4) is 0 Å². The summed E-state index contributed by atoms with van der Waals surface area (Å²) in [5, 5.41) is 18.4. The first-order chi connectivity index (χ1) is 15.1. The van der Waals surface area contributed by atoms with Crippen molar-refractivity contribution in [3.05, 3.63) is 66.1 Å². The highest BCUT2D eigenvalue weighted by Gasteiger charge is 2.32. The average Bonchev–Trinajstić information content (AvgIpc) is 3.34. The summed E-state index contributed by atoms with van der Waals surface area (Å²) < 4.78 is 6.09. The average molecular weight is 417 g/mol. The zero-order valence-electron chi connectivity index (χ0n) is 17.1. The molecule has 1 N–H and O–H groups in total. The van der Waals surface area contributed by atoms with Crippen LogP contribution in [-0.2, 0) is 0 Å². The molecule has 1 saturated heterocycles. The van der Waals surface area contributed by atoms with Crippen molar-refractivity contribution in [2.24, 2.45) is 0 Å². The highest BCUT2D eigenvalue weighted by Crippen LogP contribution is 2.28. The lowest BCUT2D eigenvalue weighted by Crippen LogP contribution is -2.49. The van der Waals surface area contributed by atoms with Gasteiger partial charge in [-0.05, 0) is 44.0 Å². The normalized spacial score (nSPS) is 19.5. The SMILES string of the molecule is C#C[C@@H](O)c1cccnc1O[C@@H]1CC[C@@H](C)N(C(=O)c2ccccc2-n2nccn2)C1. The van der Waals surface area contributed by atoms with Gasteiger partial charge < -0.3 is 14.7 Å². The number of para-hydroxylation sites is 1. The van der Waals surface area contributed by atoms with Gasteiger partial charge in [-0.2, -0.15) is 15.0 Å². The quantitative estimate of drug-likeness (QED) is 0.641. The van der Waals surface area contributed by atoms with Crippen LogP contribution in [0, 0.1) is 12.3 Å². The summed E-state index contributed by atoms with van der Waals surface area (Å²) in [5.74, 6) is 2.47. The zero-order chi connectivity index (χ0) is 21.8. The van der Waals surface area contributed by atoms with Crippen molar-refractivity contribution in [1.29, 1.82) is 0 Å². The minimum Gasteiger partial charge on any atom is -0.472 e. The maximum Gasteiger partial charge on any atom is 0.256 e. The lowest BCUT2D eigenvalue weighted by Gasteiger charge is -2.38. The van der Waals surface area contributed by atoms with Gasteiger partial charge in [0.15, 0.2) is 0 Å². The summed E-state index contributed by atoms with van der Waals surface area (Å²) in [7, 11) is 0. The van der Waals surface area contributed by atoms with Gasteiger partial charge in [0.1, 0.15) is 12.2 Å². The largest absolute Gasteiger partial charge is 0.472 e. The Kier molecular flexibility index (Phi) is 5.96. The van der Waals surface area contributed by atoms with Crippen LogP contribution in [0.5, 0.6) is 5.88 Å². The number of ether oxygens (including phenoxy) is 1. The van der Waals surface area contributed by atoms with Gasteiger partial charge in [0.2, 0.25) is 5.88 Å². The number of aliphatic hydroxyl groups excluding tert-OH is 1. The van der Waals surface area contributed by atoms with E-state index in [0.29, 0.717) is 29.2 Å². The van der Waals surface area contributed by atoms with E-state index in [0.717, 1.165) is 12.8 Å². The third kappa shape index (κ3) is 4.27. The molecule has 0 unspecified atom stereocenters. The number of likely N-dealkylation sites (tertiary alicyclic amines) is 1. The number of pyridine rings is 1. The molecular weight excluding hydrogens is 394 g/mol. The number of benzene rings is 1. The Morgan fingerprint density at radius 1 is 1.19 bits per heavy atom. The van der Waals surface area contributed by atoms with E-state index in [1.165, 1.54) is 4.80 Å². The van der Waals surface area contributed by atoms with Crippen LogP contribution >= 0.6 is 0 Å². The first kappa shape index (κ1) is 20.6. The van der Waals surface area contributed by atoms with Crippen LogP contribution in [0.2, 0.25) is 0 Å². The molecule has 3 atom stereocenters. The van der Waals surface area contributed by atoms with Gasteiger partial charge in [-0.15, -0.1) is 6.42 Å². The molecule has 158 valence electrons. The van der Waals surface area contributed by atoms with Gasteiger partial charge >= 0.3 is 0 Å². The summed E-state index contributed by atoms with van der Waals surface area (Å²) in [6.45, 7) is 2.42. The molecule has 1 aliphatic rings. The van der Waals surface area contributed by atoms with Crippen molar-refractivity contribution in [3.63, 3.8) is 0 Å². The zero-order valence-corrected chi connectivity index (χ0v) is 17.1. The predicted octanol–water partition coefficient (Wildman–Crippen LogP) is 2.40. The lowest BCUT2D eigenvalue weighted by atomic mass is 9.99. The minimum absolute atomic E-state index is 0.0467. The van der Waals surface area contributed by atoms with Crippen molar-refractivity contribution in [1.82, 2.24) is 24.9 Å². The monoisotopic (exact) mass is 417 g/mol. The van der Waals surface area contributed by atoms with E-state index in [4.69, 9.17) is 11.2 Å². The molecule has 8 heteroatoms. The van der Waals surface area contributed by atoms with Gasteiger partial charge in [-0.1, -0.05) is 18.1 Å². The molecule has 3 aromatic rings. The number of terminal acetylenes is 1. The molecule has 1 fully saturated rings. The Labute approximate surface area is 180 Å². The van der Waals surface area contributed by atoms with Gasteiger partial charge in [-0.25, -0.2) is 4.98 Å². The van der Waals surface area contributed by atoms with Crippen molar-refractivity contribution in [2.45, 2.75) is 38.0 Å². The summed E-state index contributed by atoms with van der Waals surface area (Å²) in [4.78, 5) is 20.9. The van der Waals surface area contributed by atoms with Gasteiger partial charge in [-0.3, -0.25) is 4.79 Å². The second kappa shape index (κ2) is 8.98. The third-order valence-electron chi connectivity index (χ3n) is 5.40. The second-order valence-electron chi connectivity index (χ2n) is 7.43. The number of piperidine rings is 1. The van der Waals surface area contributed by atoms with Crippen molar-refractivity contribution in [3.8, 4) is 23.9 Å². The topological polar surface area (TPSA) is 93.4 Å². The number of carbonyl (C=O) groups excluding carboxylic acids is 1. The fourth-order valence-electron chi connectivity index (χ4n) is 3.73. The van der Waals surface area contributed by atoms with Crippen LogP contribution in [0.25, 0.3) is 5.69 Å². The van der Waals surface area contributed by atoms with E-state index in [9.17, 15) is 9.90 Å². The number of carbonyl (C=O) groups is 1. The summed E-state index contributed by atoms with van der Waals surface area (Å²) in [5.41, 5.74) is 1.58. The molecule has 8 nitrogen and oxygen atoms in total. The highest BCUT2D eigenvalue weighted by atomic mass is 16.5. The van der Waals surface area contributed by atoms with Crippen molar-refractivity contribution >= 4 is 5.91 Å². The van der Waals surface area contributed by atoms with Crippen LogP contribution < -0.4 is 4.74 Å². The van der Waals surface area contributed by atoms with Crippen LogP contribution in [0.15, 0.2) is 55.0 Å². The van der Waals surface area contributed by atoms with Crippen LogP contribution in [-0.4, -0.2) is 54.6 Å². The van der Waals surface area contributed by atoms with E-state index in [1.54, 1.807) is 41.7 Å². The van der Waals surface area contributed by atoms with Gasteiger partial charge in [0.05, 0.1) is 35.8 Å². The number of amides is 1. The molecule has 0 bridgehead atoms. The number of rotatable bonds is 5. The molecule has 0 radical (unpaired) electrons. The Morgan fingerprint density at radius 3 is 2.74 bits per heavy atom. The third-order valence-corrected chi connectivity index (χ3v) is 5.40. The Hall–Kier alpha value is -3.70. The number of hydrogen-bond acceptors (Lipinski definition) is 6. The van der Waals surface area contributed by atoms with E-state index < -0.39 is 6.10 Å². The smallest absolute Gasteiger partial charge is 0.256 e. The molecule has 3 heterocycles. The Balaban J connectivity index is 1.56. The fourth-order valence-corrected chi connectivity index (χ4v) is 3.73. The molecule has 1 amide bonds. The number of aromatic nitrogens is 4. The molecular formula is C23H23N5O3. The van der Waals surface area contributed by atoms with E-state index >= 15 is 0 Å². The van der Waals surface area contributed by atoms with Crippen molar-refractivity contribution in [2.75, 3.05) is 6.54 Å². The number of hydrogen-bond donors (Lipinski definition) is 1. The molecule has 0 aliphatic carbocycles. The minimum atomic E-state index is -1.10. The predicted molar refractivity (Wildman–Crippen MR) is 114 cm³/mol. The lowest BCUT2D eigenvalue weighted by molar-refractivity contribution is 0.0364. The standard InChI is InChI=1S/C23H23N5O3/c1-3-21(29)19-8-6-12-24-22(19)31-17-11-10-16(2)27(15-17)23(30)18-7-4-5-9-20(18)28-25-13-14-26-28/h1,4-9,12-14,16-17,21,29H,10-11,15H2,2H3/t16-,17-,21-/m1/s1. The fraction of sp³-hybridized carbons (Fsp3) is 0.304. The highest BCUT2D eigenvalue weighted by molar-refractivity contribution is 5.98. The number of aliphatic hydroxyl groups is 1. The van der Waals surface area contributed by atoms with E-state index in [-0.39, 0.29) is 18.1 Å². The molecule has 0 saturated carbocycles. The molecule has 31 heavy (non-hydrogen) atoms. The van der Waals surface area contributed by atoms with Crippen molar-refractivity contribution < 1.29 is 14.6 Å². The summed E-state index contributed by atoms with van der Waals surface area (Å²) in [6.07, 6.45) is 10.3. The maximum absolute atomic E-state index is 13.5. The van der Waals surface area contributed by atoms with Gasteiger partial charge in [0.25, 0.3) is 5.91 Å². The molecule has 2 aromatic heterocycles. The first-order valence-corrected chi connectivity index (χ1v) is 10.1. The molecule has 1 aromatic carbocycles. The molecule has 0 spiro atoms.